The van der Waals surface area contributed by atoms with Crippen molar-refractivity contribution in [3.05, 3.63) is 78.3 Å². The Morgan fingerprint density at radius 2 is 2.00 bits per heavy atom. The number of Topliss-reactive ketones (excluding diaryl/α,β-unsaturated/α-hetero) is 1. The molecule has 0 fully saturated rings. The molecular weight excluding hydrogens is 383 g/mol. The number of rotatable bonds is 8. The Hall–Kier alpha value is -3.61. The van der Waals surface area contributed by atoms with E-state index in [1.807, 2.05) is 29.8 Å². The van der Waals surface area contributed by atoms with Gasteiger partial charge in [0, 0.05) is 35.8 Å². The summed E-state index contributed by atoms with van der Waals surface area (Å²) >= 11 is 0. The molecule has 0 atom stereocenters. The number of ketones is 1. The summed E-state index contributed by atoms with van der Waals surface area (Å²) < 4.78 is 20.7. The number of fused-ring (bicyclic) bond motifs is 1. The van der Waals surface area contributed by atoms with Gasteiger partial charge in [-0.05, 0) is 43.7 Å². The number of nitrogens with zero attached hydrogens (tertiary/aromatic N) is 4. The molecule has 0 amide bonds. The molecule has 30 heavy (non-hydrogen) atoms. The van der Waals surface area contributed by atoms with Crippen molar-refractivity contribution in [2.24, 2.45) is 0 Å². The smallest absolute Gasteiger partial charge is 0.165 e. The summed E-state index contributed by atoms with van der Waals surface area (Å²) in [6.07, 6.45) is 6.37. The van der Waals surface area contributed by atoms with Crippen LogP contribution in [-0.2, 0) is 11.2 Å². The number of pyridine rings is 2. The highest BCUT2D eigenvalue weighted by Gasteiger charge is 2.10. The molecule has 3 aromatic heterocycles. The minimum Gasteiger partial charge on any atom is -0.491 e. The van der Waals surface area contributed by atoms with Crippen LogP contribution in [0, 0.1) is 12.7 Å². The highest BCUT2D eigenvalue weighted by molar-refractivity contribution is 5.83. The van der Waals surface area contributed by atoms with Gasteiger partial charge in [-0.3, -0.25) is 14.8 Å². The maximum atomic E-state index is 13.5. The number of hydrogen-bond acceptors (Lipinski definition) is 5. The fraction of sp³-hybridized carbons (Fsp3) is 0.217. The number of carbonyl (C=O) groups excluding carboxylic acids is 1. The van der Waals surface area contributed by atoms with Crippen LogP contribution in [0.25, 0.3) is 16.6 Å². The fourth-order valence-electron chi connectivity index (χ4n) is 3.24. The molecule has 0 N–H and O–H groups in total. The first-order chi connectivity index (χ1) is 14.6. The third-order valence-corrected chi connectivity index (χ3v) is 4.71. The average molecular weight is 404 g/mol. The number of aromatic nitrogens is 4. The second kappa shape index (κ2) is 8.82. The van der Waals surface area contributed by atoms with E-state index in [0.717, 1.165) is 22.3 Å². The third kappa shape index (κ3) is 4.51. The summed E-state index contributed by atoms with van der Waals surface area (Å²) in [4.78, 5) is 20.9. The van der Waals surface area contributed by atoms with Gasteiger partial charge < -0.3 is 4.74 Å². The quantitative estimate of drug-likeness (QED) is 0.411. The lowest BCUT2D eigenvalue weighted by atomic mass is 10.1. The summed E-state index contributed by atoms with van der Waals surface area (Å²) in [5, 5.41) is 5.36. The Morgan fingerprint density at radius 3 is 2.83 bits per heavy atom. The van der Waals surface area contributed by atoms with Gasteiger partial charge in [0.1, 0.15) is 5.78 Å². The molecular formula is C23H21FN4O2. The predicted molar refractivity (Wildman–Crippen MR) is 111 cm³/mol. The number of ether oxygens (including phenoxy) is 1. The second-order valence-corrected chi connectivity index (χ2v) is 7.04. The van der Waals surface area contributed by atoms with Gasteiger partial charge in [0.2, 0.25) is 0 Å². The van der Waals surface area contributed by atoms with E-state index < -0.39 is 5.82 Å². The summed E-state index contributed by atoms with van der Waals surface area (Å²) in [7, 11) is 0. The molecule has 0 saturated heterocycles. The maximum absolute atomic E-state index is 13.5. The molecule has 0 aliphatic heterocycles. The number of hydrogen-bond donors (Lipinski definition) is 0. The number of benzene rings is 1. The molecule has 0 spiro atoms. The van der Waals surface area contributed by atoms with Gasteiger partial charge >= 0.3 is 0 Å². The first kappa shape index (κ1) is 19.7. The van der Waals surface area contributed by atoms with Crippen LogP contribution in [0.1, 0.15) is 24.2 Å². The third-order valence-electron chi connectivity index (χ3n) is 4.71. The van der Waals surface area contributed by atoms with E-state index in [1.54, 1.807) is 36.8 Å². The van der Waals surface area contributed by atoms with Gasteiger partial charge in [-0.1, -0.05) is 12.1 Å². The summed E-state index contributed by atoms with van der Waals surface area (Å²) in [6, 6.07) is 12.0. The van der Waals surface area contributed by atoms with E-state index in [0.29, 0.717) is 18.5 Å². The standard InChI is InChI=1S/C23H21FN4O2/c1-16-11-19(8-9-25-16)28-22-15-26-18(12-17(22)14-27-28)13-20(29)5-4-10-30-23-7-3-2-6-21(23)24/h2-3,6-9,11-12,14-15H,4-5,10,13H2,1H3. The Labute approximate surface area is 173 Å². The van der Waals surface area contributed by atoms with E-state index in [4.69, 9.17) is 4.74 Å². The molecule has 4 aromatic rings. The van der Waals surface area contributed by atoms with Gasteiger partial charge in [-0.25, -0.2) is 9.07 Å². The molecule has 0 unspecified atom stereocenters. The topological polar surface area (TPSA) is 69.9 Å². The number of carbonyl (C=O) groups is 1. The highest BCUT2D eigenvalue weighted by atomic mass is 19.1. The molecule has 1 aromatic carbocycles. The Morgan fingerprint density at radius 1 is 1.13 bits per heavy atom. The number of aryl methyl sites for hydroxylation is 1. The van der Waals surface area contributed by atoms with E-state index in [-0.39, 0.29) is 24.6 Å². The number of halogens is 1. The van der Waals surface area contributed by atoms with Crippen molar-refractivity contribution in [1.82, 2.24) is 19.7 Å². The summed E-state index contributed by atoms with van der Waals surface area (Å²) in [6.45, 7) is 2.22. The summed E-state index contributed by atoms with van der Waals surface area (Å²) in [5.41, 5.74) is 3.39. The van der Waals surface area contributed by atoms with Crippen molar-refractivity contribution in [1.29, 1.82) is 0 Å². The monoisotopic (exact) mass is 404 g/mol. The molecule has 4 rings (SSSR count). The minimum absolute atomic E-state index is 0.0659. The summed E-state index contributed by atoms with van der Waals surface area (Å²) in [5.74, 6) is -0.126. The molecule has 6 nitrogen and oxygen atoms in total. The van der Waals surface area contributed by atoms with Crippen molar-refractivity contribution in [3.8, 4) is 11.4 Å². The second-order valence-electron chi connectivity index (χ2n) is 7.04. The van der Waals surface area contributed by atoms with Crippen molar-refractivity contribution in [3.63, 3.8) is 0 Å². The van der Waals surface area contributed by atoms with E-state index in [9.17, 15) is 9.18 Å². The largest absolute Gasteiger partial charge is 0.491 e. The maximum Gasteiger partial charge on any atom is 0.165 e. The van der Waals surface area contributed by atoms with Crippen LogP contribution in [0.3, 0.4) is 0 Å². The van der Waals surface area contributed by atoms with Crippen LogP contribution >= 0.6 is 0 Å². The van der Waals surface area contributed by atoms with Gasteiger partial charge in [-0.15, -0.1) is 0 Å². The Balaban J connectivity index is 1.35. The first-order valence-corrected chi connectivity index (χ1v) is 9.75. The lowest BCUT2D eigenvalue weighted by Crippen LogP contribution is -2.07. The zero-order valence-corrected chi connectivity index (χ0v) is 16.6. The van der Waals surface area contributed by atoms with Crippen LogP contribution in [0.2, 0.25) is 0 Å². The average Bonchev–Trinajstić information content (AvgIpc) is 3.16. The molecule has 0 saturated carbocycles. The lowest BCUT2D eigenvalue weighted by molar-refractivity contribution is -0.118. The van der Waals surface area contributed by atoms with Gasteiger partial charge in [-0.2, -0.15) is 5.10 Å². The predicted octanol–water partition coefficient (Wildman–Crippen LogP) is 4.23. The first-order valence-electron chi connectivity index (χ1n) is 9.75. The van der Waals surface area contributed by atoms with Gasteiger partial charge in [0.25, 0.3) is 0 Å². The molecule has 152 valence electrons. The molecule has 3 heterocycles. The van der Waals surface area contributed by atoms with Gasteiger partial charge in [0.15, 0.2) is 11.6 Å². The zero-order valence-electron chi connectivity index (χ0n) is 16.6. The Bertz CT molecular complexity index is 1190. The van der Waals surface area contributed by atoms with E-state index >= 15 is 0 Å². The highest BCUT2D eigenvalue weighted by Crippen LogP contribution is 2.19. The zero-order chi connectivity index (χ0) is 20.9. The molecule has 0 aliphatic rings. The van der Waals surface area contributed by atoms with Crippen molar-refractivity contribution in [2.75, 3.05) is 6.61 Å². The Kier molecular flexibility index (Phi) is 5.79. The normalized spacial score (nSPS) is 11.0. The number of para-hydroxylation sites is 1. The van der Waals surface area contributed by atoms with Crippen LogP contribution in [0.5, 0.6) is 5.75 Å². The molecule has 0 radical (unpaired) electrons. The van der Waals surface area contributed by atoms with E-state index in [2.05, 4.69) is 15.1 Å². The molecule has 7 heteroatoms. The molecule has 0 aliphatic carbocycles. The van der Waals surface area contributed by atoms with Crippen LogP contribution < -0.4 is 4.74 Å². The van der Waals surface area contributed by atoms with Gasteiger partial charge in [0.05, 0.1) is 30.2 Å². The minimum atomic E-state index is -0.399. The SMILES string of the molecule is Cc1cc(-n2ncc3cc(CC(=O)CCCOc4ccccc4F)ncc32)ccn1. The lowest BCUT2D eigenvalue weighted by Gasteiger charge is -2.07. The van der Waals surface area contributed by atoms with Crippen molar-refractivity contribution in [2.45, 2.75) is 26.2 Å². The van der Waals surface area contributed by atoms with Crippen LogP contribution in [0.4, 0.5) is 4.39 Å². The van der Waals surface area contributed by atoms with Crippen molar-refractivity contribution >= 4 is 16.7 Å². The fourth-order valence-corrected chi connectivity index (χ4v) is 3.24. The van der Waals surface area contributed by atoms with E-state index in [1.165, 1.54) is 6.07 Å². The van der Waals surface area contributed by atoms with Crippen LogP contribution in [-0.4, -0.2) is 32.1 Å². The van der Waals surface area contributed by atoms with Crippen LogP contribution in [0.15, 0.2) is 61.1 Å². The van der Waals surface area contributed by atoms with Crippen molar-refractivity contribution < 1.29 is 13.9 Å². The molecule has 0 bridgehead atoms.